The molecular weight excluding hydrogens is 229 g/mol. The third-order valence-corrected chi connectivity index (χ3v) is 3.02. The fourth-order valence-electron chi connectivity index (χ4n) is 2.07. The minimum atomic E-state index is -0.252. The number of aromatic nitrogens is 1. The van der Waals surface area contributed by atoms with Gasteiger partial charge in [-0.2, -0.15) is 0 Å². The van der Waals surface area contributed by atoms with Crippen LogP contribution in [0.5, 0.6) is 0 Å². The van der Waals surface area contributed by atoms with E-state index in [1.165, 1.54) is 12.1 Å². The molecule has 1 atom stereocenters. The first kappa shape index (κ1) is 12.5. The van der Waals surface area contributed by atoms with E-state index in [4.69, 9.17) is 5.73 Å². The third kappa shape index (κ3) is 2.33. The molecule has 0 spiro atoms. The summed E-state index contributed by atoms with van der Waals surface area (Å²) in [6, 6.07) is 8.32. The molecule has 18 heavy (non-hydrogen) atoms. The minimum Gasteiger partial charge on any atom is -0.383 e. The lowest BCUT2D eigenvalue weighted by Crippen LogP contribution is -2.20. The number of hydrogen-bond donors (Lipinski definition) is 2. The highest BCUT2D eigenvalue weighted by Gasteiger charge is 2.17. The van der Waals surface area contributed by atoms with Crippen LogP contribution in [0.15, 0.2) is 36.5 Å². The molecule has 0 amide bonds. The van der Waals surface area contributed by atoms with Crippen molar-refractivity contribution in [3.8, 4) is 0 Å². The summed E-state index contributed by atoms with van der Waals surface area (Å²) in [5.41, 5.74) is 8.62. The number of aryl methyl sites for hydroxylation is 1. The molecule has 0 aliphatic rings. The van der Waals surface area contributed by atoms with E-state index in [2.05, 4.69) is 10.3 Å². The molecule has 0 saturated heterocycles. The fourth-order valence-corrected chi connectivity index (χ4v) is 2.07. The zero-order valence-electron chi connectivity index (χ0n) is 10.4. The zero-order chi connectivity index (χ0) is 13.1. The number of pyridine rings is 1. The maximum absolute atomic E-state index is 13.4. The van der Waals surface area contributed by atoms with Gasteiger partial charge in [-0.15, -0.1) is 0 Å². The molecule has 1 unspecified atom stereocenters. The number of rotatable bonds is 3. The minimum absolute atomic E-state index is 0.158. The van der Waals surface area contributed by atoms with Gasteiger partial charge in [0, 0.05) is 11.8 Å². The monoisotopic (exact) mass is 245 g/mol. The summed E-state index contributed by atoms with van der Waals surface area (Å²) in [4.78, 5) is 4.07. The van der Waals surface area contributed by atoms with E-state index in [0.29, 0.717) is 5.82 Å². The van der Waals surface area contributed by atoms with E-state index >= 15 is 0 Å². The number of nitrogens with one attached hydrogen (secondary N) is 1. The van der Waals surface area contributed by atoms with Gasteiger partial charge in [-0.05, 0) is 43.3 Å². The molecule has 0 aliphatic heterocycles. The van der Waals surface area contributed by atoms with Crippen molar-refractivity contribution in [2.24, 2.45) is 0 Å². The molecule has 1 aromatic carbocycles. The van der Waals surface area contributed by atoms with Crippen LogP contribution in [0.1, 0.15) is 22.7 Å². The average Bonchev–Trinajstić information content (AvgIpc) is 2.36. The summed E-state index contributed by atoms with van der Waals surface area (Å²) >= 11 is 0. The Balaban J connectivity index is 2.52. The molecule has 2 rings (SSSR count). The van der Waals surface area contributed by atoms with E-state index < -0.39 is 0 Å². The van der Waals surface area contributed by atoms with Crippen LogP contribution in [0.3, 0.4) is 0 Å². The molecule has 0 bridgehead atoms. The summed E-state index contributed by atoms with van der Waals surface area (Å²) in [7, 11) is 1.82. The van der Waals surface area contributed by atoms with Gasteiger partial charge in [0.1, 0.15) is 11.6 Å². The van der Waals surface area contributed by atoms with Crippen molar-refractivity contribution < 1.29 is 4.39 Å². The van der Waals surface area contributed by atoms with Crippen molar-refractivity contribution in [1.29, 1.82) is 0 Å². The Bertz CT molecular complexity index is 554. The quantitative estimate of drug-likeness (QED) is 0.873. The molecule has 3 nitrogen and oxygen atoms in total. The van der Waals surface area contributed by atoms with Crippen molar-refractivity contribution >= 4 is 5.82 Å². The Hall–Kier alpha value is -1.94. The molecule has 1 aromatic heterocycles. The van der Waals surface area contributed by atoms with Crippen LogP contribution < -0.4 is 11.1 Å². The second kappa shape index (κ2) is 5.14. The highest BCUT2D eigenvalue weighted by Crippen LogP contribution is 2.27. The van der Waals surface area contributed by atoms with Gasteiger partial charge in [0.2, 0.25) is 0 Å². The standard InChI is InChI=1S/C14H16FN3/c1-9-5-6-10(15)8-12(9)13(17-2)11-4-3-7-18-14(11)16/h3-8,13,17H,1-2H3,(H2,16,18). The third-order valence-electron chi connectivity index (χ3n) is 3.02. The first-order valence-electron chi connectivity index (χ1n) is 5.77. The van der Waals surface area contributed by atoms with E-state index in [0.717, 1.165) is 16.7 Å². The van der Waals surface area contributed by atoms with Crippen molar-refractivity contribution in [3.63, 3.8) is 0 Å². The summed E-state index contributed by atoms with van der Waals surface area (Å²) in [5, 5.41) is 3.16. The van der Waals surface area contributed by atoms with Gasteiger partial charge in [-0.3, -0.25) is 0 Å². The Kier molecular flexibility index (Phi) is 3.58. The zero-order valence-corrected chi connectivity index (χ0v) is 10.4. The van der Waals surface area contributed by atoms with Gasteiger partial charge >= 0.3 is 0 Å². The number of anilines is 1. The summed E-state index contributed by atoms with van der Waals surface area (Å²) in [6.07, 6.45) is 1.64. The molecule has 2 aromatic rings. The number of benzene rings is 1. The van der Waals surface area contributed by atoms with Crippen molar-refractivity contribution in [1.82, 2.24) is 10.3 Å². The molecule has 0 fully saturated rings. The Morgan fingerprint density at radius 2 is 2.06 bits per heavy atom. The summed E-state index contributed by atoms with van der Waals surface area (Å²) in [5.74, 6) is 0.207. The van der Waals surface area contributed by atoms with Crippen LogP contribution in [0.25, 0.3) is 0 Å². The lowest BCUT2D eigenvalue weighted by molar-refractivity contribution is 0.615. The van der Waals surface area contributed by atoms with Gasteiger partial charge < -0.3 is 11.1 Å². The van der Waals surface area contributed by atoms with E-state index in [1.54, 1.807) is 12.3 Å². The molecule has 94 valence electrons. The maximum Gasteiger partial charge on any atom is 0.128 e. The Morgan fingerprint density at radius 1 is 1.28 bits per heavy atom. The van der Waals surface area contributed by atoms with Crippen LogP contribution in [-0.2, 0) is 0 Å². The molecule has 0 aliphatic carbocycles. The molecule has 3 N–H and O–H groups in total. The average molecular weight is 245 g/mol. The van der Waals surface area contributed by atoms with E-state index in [9.17, 15) is 4.39 Å². The fraction of sp³-hybridized carbons (Fsp3) is 0.214. The van der Waals surface area contributed by atoms with Gasteiger partial charge in [-0.25, -0.2) is 9.37 Å². The molecular formula is C14H16FN3. The first-order valence-corrected chi connectivity index (χ1v) is 5.77. The van der Waals surface area contributed by atoms with Crippen LogP contribution in [0.2, 0.25) is 0 Å². The normalized spacial score (nSPS) is 12.4. The van der Waals surface area contributed by atoms with Crippen LogP contribution in [0, 0.1) is 12.7 Å². The Morgan fingerprint density at radius 3 is 2.72 bits per heavy atom. The summed E-state index contributed by atoms with van der Waals surface area (Å²) in [6.45, 7) is 1.95. The predicted molar refractivity (Wildman–Crippen MR) is 70.7 cm³/mol. The van der Waals surface area contributed by atoms with Gasteiger partial charge in [0.15, 0.2) is 0 Å². The van der Waals surface area contributed by atoms with Crippen LogP contribution >= 0.6 is 0 Å². The van der Waals surface area contributed by atoms with Gasteiger partial charge in [-0.1, -0.05) is 12.1 Å². The molecule has 1 heterocycles. The second-order valence-corrected chi connectivity index (χ2v) is 4.20. The largest absolute Gasteiger partial charge is 0.383 e. The molecule has 4 heteroatoms. The lowest BCUT2D eigenvalue weighted by Gasteiger charge is -2.20. The number of nitrogens with two attached hydrogens (primary N) is 1. The number of halogens is 1. The number of nitrogens with zero attached hydrogens (tertiary/aromatic N) is 1. The number of nitrogen functional groups attached to an aromatic ring is 1. The Labute approximate surface area is 106 Å². The van der Waals surface area contributed by atoms with Crippen LogP contribution in [-0.4, -0.2) is 12.0 Å². The first-order chi connectivity index (χ1) is 8.63. The SMILES string of the molecule is CNC(c1cc(F)ccc1C)c1cccnc1N. The van der Waals surface area contributed by atoms with Crippen molar-refractivity contribution in [3.05, 3.63) is 59.0 Å². The second-order valence-electron chi connectivity index (χ2n) is 4.20. The number of hydrogen-bond acceptors (Lipinski definition) is 3. The van der Waals surface area contributed by atoms with Gasteiger partial charge in [0.25, 0.3) is 0 Å². The predicted octanol–water partition coefficient (Wildman–Crippen LogP) is 2.42. The smallest absolute Gasteiger partial charge is 0.128 e. The molecule has 0 saturated carbocycles. The van der Waals surface area contributed by atoms with E-state index in [1.807, 2.05) is 26.1 Å². The highest BCUT2D eigenvalue weighted by atomic mass is 19.1. The van der Waals surface area contributed by atoms with E-state index in [-0.39, 0.29) is 11.9 Å². The van der Waals surface area contributed by atoms with Crippen molar-refractivity contribution in [2.75, 3.05) is 12.8 Å². The highest BCUT2D eigenvalue weighted by molar-refractivity contribution is 5.47. The van der Waals surface area contributed by atoms with Gasteiger partial charge in [0.05, 0.1) is 6.04 Å². The lowest BCUT2D eigenvalue weighted by atomic mass is 9.95. The maximum atomic E-state index is 13.4. The molecule has 0 radical (unpaired) electrons. The van der Waals surface area contributed by atoms with Crippen molar-refractivity contribution in [2.45, 2.75) is 13.0 Å². The van der Waals surface area contributed by atoms with Crippen LogP contribution in [0.4, 0.5) is 10.2 Å². The summed E-state index contributed by atoms with van der Waals surface area (Å²) < 4.78 is 13.4. The topological polar surface area (TPSA) is 50.9 Å².